The number of carbonyl (C=O) groups is 1. The summed E-state index contributed by atoms with van der Waals surface area (Å²) in [7, 11) is 0. The Kier molecular flexibility index (Phi) is 5.13. The molecule has 0 saturated carbocycles. The fraction of sp³-hybridized carbons (Fsp3) is 0.500. The minimum Gasteiger partial charge on any atom is -0.341 e. The lowest BCUT2D eigenvalue weighted by Gasteiger charge is -2.20. The molecule has 5 heteroatoms. The number of nitrogens with zero attached hydrogens (tertiary/aromatic N) is 1. The fourth-order valence-electron chi connectivity index (χ4n) is 2.73. The summed E-state index contributed by atoms with van der Waals surface area (Å²) < 4.78 is 0. The van der Waals surface area contributed by atoms with E-state index in [2.05, 4.69) is 29.6 Å². The molecule has 2 unspecified atom stereocenters. The minimum atomic E-state index is 0. The van der Waals surface area contributed by atoms with Crippen molar-refractivity contribution in [2.45, 2.75) is 18.4 Å². The molecule has 2 atom stereocenters. The first-order valence-corrected chi connectivity index (χ1v) is 7.65. The number of benzene rings is 1. The predicted octanol–water partition coefficient (Wildman–Crippen LogP) is 2.09. The number of halogens is 1. The molecule has 0 bridgehead atoms. The lowest BCUT2D eigenvalue weighted by atomic mass is 9.99. The second-order valence-corrected chi connectivity index (χ2v) is 5.98. The van der Waals surface area contributed by atoms with Crippen LogP contribution in [0.25, 0.3) is 0 Å². The van der Waals surface area contributed by atoms with Crippen molar-refractivity contribution in [3.8, 4) is 0 Å². The molecule has 0 aliphatic carbocycles. The Morgan fingerprint density at radius 1 is 1.32 bits per heavy atom. The summed E-state index contributed by atoms with van der Waals surface area (Å²) in [6.45, 7) is 1.78. The Hall–Kier alpha value is -0.710. The van der Waals surface area contributed by atoms with Crippen LogP contribution in [0.1, 0.15) is 17.9 Å². The number of thioether (sulfide) groups is 1. The van der Waals surface area contributed by atoms with Crippen molar-refractivity contribution in [2.24, 2.45) is 0 Å². The molecule has 1 aromatic carbocycles. The molecule has 1 amide bonds. The van der Waals surface area contributed by atoms with E-state index in [0.29, 0.717) is 11.8 Å². The highest BCUT2D eigenvalue weighted by atomic mass is 35.5. The second kappa shape index (κ2) is 6.64. The average Bonchev–Trinajstić information content (AvgIpc) is 3.10. The van der Waals surface area contributed by atoms with Gasteiger partial charge in [0.2, 0.25) is 5.91 Å². The number of nitrogens with one attached hydrogen (secondary N) is 1. The average molecular weight is 299 g/mol. The van der Waals surface area contributed by atoms with Crippen LogP contribution in [-0.4, -0.2) is 41.6 Å². The van der Waals surface area contributed by atoms with Gasteiger partial charge in [0.15, 0.2) is 0 Å². The predicted molar refractivity (Wildman–Crippen MR) is 81.9 cm³/mol. The molecule has 0 radical (unpaired) electrons. The number of rotatable bonds is 2. The molecule has 2 fully saturated rings. The number of hydrogen-bond donors (Lipinski definition) is 1. The zero-order chi connectivity index (χ0) is 12.4. The first kappa shape index (κ1) is 14.7. The lowest BCUT2D eigenvalue weighted by Crippen LogP contribution is -2.43. The van der Waals surface area contributed by atoms with E-state index in [9.17, 15) is 4.79 Å². The van der Waals surface area contributed by atoms with E-state index in [1.807, 2.05) is 22.7 Å². The molecule has 0 aromatic heterocycles. The van der Waals surface area contributed by atoms with Gasteiger partial charge in [0.1, 0.15) is 0 Å². The second-order valence-electron chi connectivity index (χ2n) is 4.95. The van der Waals surface area contributed by atoms with Crippen LogP contribution >= 0.6 is 24.2 Å². The van der Waals surface area contributed by atoms with Gasteiger partial charge in [-0.05, 0) is 12.0 Å². The molecule has 2 heterocycles. The van der Waals surface area contributed by atoms with E-state index in [-0.39, 0.29) is 18.4 Å². The van der Waals surface area contributed by atoms with E-state index >= 15 is 0 Å². The van der Waals surface area contributed by atoms with Crippen molar-refractivity contribution in [3.05, 3.63) is 35.9 Å². The Morgan fingerprint density at radius 3 is 2.79 bits per heavy atom. The maximum absolute atomic E-state index is 12.3. The molecule has 2 aliphatic rings. The van der Waals surface area contributed by atoms with Crippen LogP contribution in [-0.2, 0) is 4.79 Å². The van der Waals surface area contributed by atoms with Gasteiger partial charge in [-0.1, -0.05) is 30.3 Å². The van der Waals surface area contributed by atoms with E-state index in [1.165, 1.54) is 5.56 Å². The van der Waals surface area contributed by atoms with E-state index < -0.39 is 0 Å². The van der Waals surface area contributed by atoms with Crippen molar-refractivity contribution < 1.29 is 4.79 Å². The molecule has 19 heavy (non-hydrogen) atoms. The van der Waals surface area contributed by atoms with Crippen LogP contribution in [0, 0.1) is 0 Å². The summed E-state index contributed by atoms with van der Waals surface area (Å²) in [5, 5.41) is 3.26. The molecule has 2 saturated heterocycles. The third kappa shape index (κ3) is 3.25. The van der Waals surface area contributed by atoms with Crippen LogP contribution in [0.5, 0.6) is 0 Å². The summed E-state index contributed by atoms with van der Waals surface area (Å²) in [5.41, 5.74) is 1.36. The van der Waals surface area contributed by atoms with Gasteiger partial charge in [-0.25, -0.2) is 0 Å². The van der Waals surface area contributed by atoms with Crippen LogP contribution in [0.3, 0.4) is 0 Å². The third-order valence-corrected chi connectivity index (χ3v) is 4.73. The molecule has 3 rings (SSSR count). The monoisotopic (exact) mass is 298 g/mol. The maximum Gasteiger partial charge on any atom is 0.240 e. The van der Waals surface area contributed by atoms with Gasteiger partial charge in [-0.3, -0.25) is 10.1 Å². The van der Waals surface area contributed by atoms with Gasteiger partial charge in [-0.2, -0.15) is 0 Å². The summed E-state index contributed by atoms with van der Waals surface area (Å²) in [6.07, 6.45) is 1.09. The molecule has 0 spiro atoms. The Morgan fingerprint density at radius 2 is 2.11 bits per heavy atom. The van der Waals surface area contributed by atoms with Crippen LogP contribution < -0.4 is 5.32 Å². The molecular weight excluding hydrogens is 280 g/mol. The number of carbonyl (C=O) groups excluding carboxylic acids is 1. The molecule has 1 N–H and O–H groups in total. The summed E-state index contributed by atoms with van der Waals surface area (Å²) in [4.78, 5) is 14.3. The van der Waals surface area contributed by atoms with Crippen LogP contribution in [0.4, 0.5) is 0 Å². The first-order chi connectivity index (χ1) is 8.84. The van der Waals surface area contributed by atoms with Crippen molar-refractivity contribution in [1.29, 1.82) is 0 Å². The van der Waals surface area contributed by atoms with Crippen molar-refractivity contribution in [1.82, 2.24) is 10.2 Å². The Bertz CT molecular complexity index is 423. The van der Waals surface area contributed by atoms with Gasteiger partial charge < -0.3 is 4.90 Å². The fourth-order valence-corrected chi connectivity index (χ4v) is 3.66. The van der Waals surface area contributed by atoms with E-state index in [4.69, 9.17) is 0 Å². The third-order valence-electron chi connectivity index (χ3n) is 3.79. The molecule has 3 nitrogen and oxygen atoms in total. The molecular formula is C14H19ClN2OS. The van der Waals surface area contributed by atoms with E-state index in [1.54, 1.807) is 0 Å². The first-order valence-electron chi connectivity index (χ1n) is 6.49. The maximum atomic E-state index is 12.3. The zero-order valence-corrected chi connectivity index (χ0v) is 12.4. The summed E-state index contributed by atoms with van der Waals surface area (Å²) in [5.74, 6) is 2.64. The Balaban J connectivity index is 0.00000133. The lowest BCUT2D eigenvalue weighted by molar-refractivity contribution is -0.131. The van der Waals surface area contributed by atoms with Gasteiger partial charge in [0.05, 0.1) is 6.04 Å². The van der Waals surface area contributed by atoms with Crippen molar-refractivity contribution in [3.63, 3.8) is 0 Å². The number of likely N-dealkylation sites (tertiary alicyclic amines) is 1. The zero-order valence-electron chi connectivity index (χ0n) is 10.7. The Labute approximate surface area is 124 Å². The molecule has 104 valence electrons. The quantitative estimate of drug-likeness (QED) is 0.907. The highest BCUT2D eigenvalue weighted by Crippen LogP contribution is 2.27. The molecule has 1 aromatic rings. The topological polar surface area (TPSA) is 32.3 Å². The largest absolute Gasteiger partial charge is 0.341 e. The number of amides is 1. The summed E-state index contributed by atoms with van der Waals surface area (Å²) >= 11 is 1.81. The van der Waals surface area contributed by atoms with Gasteiger partial charge >= 0.3 is 0 Å². The molecule has 2 aliphatic heterocycles. The van der Waals surface area contributed by atoms with Gasteiger partial charge in [-0.15, -0.1) is 24.2 Å². The normalized spacial score (nSPS) is 26.2. The van der Waals surface area contributed by atoms with Crippen molar-refractivity contribution in [2.75, 3.05) is 24.7 Å². The standard InChI is InChI=1S/C14H18N2OS.ClH/c17-14(13-9-18-10-15-13)16-7-6-12(8-16)11-4-2-1-3-5-11;/h1-5,12-13,15H,6-10H2;1H. The minimum absolute atomic E-state index is 0. The summed E-state index contributed by atoms with van der Waals surface area (Å²) in [6, 6.07) is 10.6. The van der Waals surface area contributed by atoms with Gasteiger partial charge in [0.25, 0.3) is 0 Å². The van der Waals surface area contributed by atoms with E-state index in [0.717, 1.165) is 31.1 Å². The number of hydrogen-bond acceptors (Lipinski definition) is 3. The van der Waals surface area contributed by atoms with Crippen LogP contribution in [0.15, 0.2) is 30.3 Å². The highest BCUT2D eigenvalue weighted by Gasteiger charge is 2.32. The highest BCUT2D eigenvalue weighted by molar-refractivity contribution is 7.99. The smallest absolute Gasteiger partial charge is 0.240 e. The van der Waals surface area contributed by atoms with Gasteiger partial charge in [0, 0.05) is 30.6 Å². The van der Waals surface area contributed by atoms with Crippen LogP contribution in [0.2, 0.25) is 0 Å². The SMILES string of the molecule is Cl.O=C(C1CSCN1)N1CCC(c2ccccc2)C1. The van der Waals surface area contributed by atoms with Crippen molar-refractivity contribution >= 4 is 30.1 Å².